The number of thiazole rings is 1. The van der Waals surface area contributed by atoms with Crippen LogP contribution in [0.4, 0.5) is 5.95 Å². The van der Waals surface area contributed by atoms with E-state index in [1.807, 2.05) is 29.6 Å². The molecule has 0 unspecified atom stereocenters. The molecule has 2 aliphatic rings. The summed E-state index contributed by atoms with van der Waals surface area (Å²) in [6, 6.07) is 0.0539. The number of ether oxygens (including phenoxy) is 1. The van der Waals surface area contributed by atoms with Crippen molar-refractivity contribution in [3.63, 3.8) is 0 Å². The number of carbonyl (C=O) groups excluding carboxylic acids is 1. The number of carbonyl (C=O) groups is 1. The molecule has 7 nitrogen and oxygen atoms in total. The summed E-state index contributed by atoms with van der Waals surface area (Å²) in [5.74, 6) is 0.978. The van der Waals surface area contributed by atoms with E-state index in [1.54, 1.807) is 0 Å². The van der Waals surface area contributed by atoms with Crippen LogP contribution in [0.2, 0.25) is 0 Å². The normalized spacial score (nSPS) is 22.6. The van der Waals surface area contributed by atoms with Crippen LogP contribution in [0.3, 0.4) is 0 Å². The van der Waals surface area contributed by atoms with Crippen molar-refractivity contribution < 1.29 is 9.53 Å². The summed E-state index contributed by atoms with van der Waals surface area (Å²) in [6.07, 6.45) is 5.91. The lowest BCUT2D eigenvalue weighted by atomic mass is 10.1. The van der Waals surface area contributed by atoms with Gasteiger partial charge in [-0.25, -0.2) is 15.0 Å². The van der Waals surface area contributed by atoms with E-state index in [0.29, 0.717) is 32.0 Å². The van der Waals surface area contributed by atoms with E-state index in [9.17, 15) is 4.79 Å². The highest BCUT2D eigenvalue weighted by atomic mass is 32.1. The van der Waals surface area contributed by atoms with Gasteiger partial charge in [-0.05, 0) is 18.9 Å². The molecule has 144 valence electrons. The van der Waals surface area contributed by atoms with Crippen LogP contribution in [-0.2, 0) is 11.2 Å². The molecule has 0 N–H and O–H groups in total. The molecule has 1 amide bonds. The Bertz CT molecular complexity index is 794. The number of nitrogens with zero attached hydrogens (tertiary/aromatic N) is 5. The fourth-order valence-electron chi connectivity index (χ4n) is 3.79. The van der Waals surface area contributed by atoms with Gasteiger partial charge >= 0.3 is 0 Å². The molecule has 0 radical (unpaired) electrons. The molecule has 4 rings (SSSR count). The van der Waals surface area contributed by atoms with E-state index in [0.717, 1.165) is 35.9 Å². The summed E-state index contributed by atoms with van der Waals surface area (Å²) >= 11 is 1.51. The molecule has 0 aliphatic carbocycles. The summed E-state index contributed by atoms with van der Waals surface area (Å²) in [5.41, 5.74) is 1.70. The van der Waals surface area contributed by atoms with E-state index in [1.165, 1.54) is 11.3 Å². The fraction of sp³-hybridized carbons (Fsp3) is 0.579. The Morgan fingerprint density at radius 3 is 2.78 bits per heavy atom. The SMILES string of the molecule is CCCc1cnc(N2C[C@H]3COC[C@@H]2CN(C(=O)c2csc(C)n2)C3)nc1. The smallest absolute Gasteiger partial charge is 0.273 e. The van der Waals surface area contributed by atoms with Gasteiger partial charge in [0.05, 0.1) is 24.3 Å². The summed E-state index contributed by atoms with van der Waals surface area (Å²) in [4.78, 5) is 30.7. The lowest BCUT2D eigenvalue weighted by Gasteiger charge is -2.31. The van der Waals surface area contributed by atoms with Crippen molar-refractivity contribution in [2.45, 2.75) is 32.7 Å². The summed E-state index contributed by atoms with van der Waals surface area (Å²) in [5, 5.41) is 2.77. The maximum absolute atomic E-state index is 12.9. The lowest BCUT2D eigenvalue weighted by molar-refractivity contribution is 0.0492. The predicted molar refractivity (Wildman–Crippen MR) is 104 cm³/mol. The molecule has 27 heavy (non-hydrogen) atoms. The second-order valence-corrected chi connectivity index (χ2v) is 8.38. The Morgan fingerprint density at radius 2 is 2.07 bits per heavy atom. The highest BCUT2D eigenvalue weighted by Crippen LogP contribution is 2.24. The first-order valence-corrected chi connectivity index (χ1v) is 10.4. The number of hydrogen-bond acceptors (Lipinski definition) is 7. The standard InChI is InChI=1S/C19H25N5O2S/c1-3-4-14-5-20-19(21-6-14)24-8-15-7-23(9-16(24)11-26-10-15)18(25)17-12-27-13(2)22-17/h5-6,12,15-16H,3-4,7-11H2,1-2H3/t15-,16-/m0/s1. The summed E-state index contributed by atoms with van der Waals surface area (Å²) < 4.78 is 5.86. The third-order valence-electron chi connectivity index (χ3n) is 5.08. The van der Waals surface area contributed by atoms with Crippen LogP contribution in [0.1, 0.15) is 34.4 Å². The average Bonchev–Trinajstić information content (AvgIpc) is 2.88. The molecule has 0 aromatic carbocycles. The van der Waals surface area contributed by atoms with E-state index < -0.39 is 0 Å². The van der Waals surface area contributed by atoms with E-state index in [4.69, 9.17) is 4.74 Å². The monoisotopic (exact) mass is 387 g/mol. The maximum Gasteiger partial charge on any atom is 0.273 e. The van der Waals surface area contributed by atoms with Crippen LogP contribution >= 0.6 is 11.3 Å². The van der Waals surface area contributed by atoms with Gasteiger partial charge in [0.1, 0.15) is 5.69 Å². The van der Waals surface area contributed by atoms with E-state index in [-0.39, 0.29) is 17.9 Å². The molecule has 2 aromatic heterocycles. The fourth-order valence-corrected chi connectivity index (χ4v) is 4.38. The van der Waals surface area contributed by atoms with Gasteiger partial charge in [-0.3, -0.25) is 4.79 Å². The minimum absolute atomic E-state index is 0.0114. The first-order valence-electron chi connectivity index (χ1n) is 9.50. The van der Waals surface area contributed by atoms with Crippen molar-refractivity contribution in [2.24, 2.45) is 5.92 Å². The number of rotatable bonds is 4. The summed E-state index contributed by atoms with van der Waals surface area (Å²) in [6.45, 7) is 7.39. The number of aryl methyl sites for hydroxylation is 2. The molecule has 2 fully saturated rings. The third-order valence-corrected chi connectivity index (χ3v) is 5.86. The topological polar surface area (TPSA) is 71.5 Å². The molecule has 2 aromatic rings. The van der Waals surface area contributed by atoms with Crippen LogP contribution in [-0.4, -0.2) is 64.6 Å². The maximum atomic E-state index is 12.9. The van der Waals surface area contributed by atoms with Crippen LogP contribution in [0.15, 0.2) is 17.8 Å². The zero-order valence-electron chi connectivity index (χ0n) is 15.8. The van der Waals surface area contributed by atoms with Gasteiger partial charge in [-0.15, -0.1) is 11.3 Å². The van der Waals surface area contributed by atoms with Gasteiger partial charge in [-0.1, -0.05) is 13.3 Å². The Morgan fingerprint density at radius 1 is 1.26 bits per heavy atom. The molecule has 0 spiro atoms. The van der Waals surface area contributed by atoms with Gasteiger partial charge in [-0.2, -0.15) is 0 Å². The zero-order chi connectivity index (χ0) is 18.8. The molecule has 2 bridgehead atoms. The Kier molecular flexibility index (Phi) is 5.36. The molecule has 4 heterocycles. The van der Waals surface area contributed by atoms with Crippen molar-refractivity contribution in [1.82, 2.24) is 19.9 Å². The molecule has 2 atom stereocenters. The van der Waals surface area contributed by atoms with Crippen LogP contribution in [0.25, 0.3) is 0 Å². The summed E-state index contributed by atoms with van der Waals surface area (Å²) in [7, 11) is 0. The van der Waals surface area contributed by atoms with Crippen molar-refractivity contribution in [1.29, 1.82) is 0 Å². The largest absolute Gasteiger partial charge is 0.379 e. The van der Waals surface area contributed by atoms with E-state index >= 15 is 0 Å². The predicted octanol–water partition coefficient (Wildman–Crippen LogP) is 2.17. The Hall–Kier alpha value is -2.06. The molecule has 0 saturated carbocycles. The van der Waals surface area contributed by atoms with Crippen molar-refractivity contribution in [3.05, 3.63) is 34.0 Å². The highest BCUT2D eigenvalue weighted by Gasteiger charge is 2.36. The first-order chi connectivity index (χ1) is 13.1. The van der Waals surface area contributed by atoms with E-state index in [2.05, 4.69) is 26.8 Å². The number of amides is 1. The number of aromatic nitrogens is 3. The Balaban J connectivity index is 1.55. The molecule has 8 heteroatoms. The molecular weight excluding hydrogens is 362 g/mol. The lowest BCUT2D eigenvalue weighted by Crippen LogP contribution is -2.46. The van der Waals surface area contributed by atoms with Crippen molar-refractivity contribution >= 4 is 23.2 Å². The van der Waals surface area contributed by atoms with Gasteiger partial charge < -0.3 is 14.5 Å². The van der Waals surface area contributed by atoms with Crippen molar-refractivity contribution in [2.75, 3.05) is 37.7 Å². The van der Waals surface area contributed by atoms with Crippen LogP contribution in [0.5, 0.6) is 0 Å². The van der Waals surface area contributed by atoms with Crippen LogP contribution < -0.4 is 4.90 Å². The molecule has 2 aliphatic heterocycles. The highest BCUT2D eigenvalue weighted by molar-refractivity contribution is 7.09. The number of fused-ring (bicyclic) bond motifs is 3. The minimum atomic E-state index is 0.0114. The van der Waals surface area contributed by atoms with Gasteiger partial charge in [0, 0.05) is 43.3 Å². The van der Waals surface area contributed by atoms with Crippen molar-refractivity contribution in [3.8, 4) is 0 Å². The Labute approximate surface area is 163 Å². The second-order valence-electron chi connectivity index (χ2n) is 7.31. The second kappa shape index (κ2) is 7.90. The van der Waals surface area contributed by atoms with Crippen LogP contribution in [0, 0.1) is 12.8 Å². The molecular formula is C19H25N5O2S. The van der Waals surface area contributed by atoms with Gasteiger partial charge in [0.2, 0.25) is 5.95 Å². The average molecular weight is 388 g/mol. The number of anilines is 1. The third kappa shape index (κ3) is 3.96. The number of hydrogen-bond donors (Lipinski definition) is 0. The van der Waals surface area contributed by atoms with Gasteiger partial charge in [0.25, 0.3) is 5.91 Å². The zero-order valence-corrected chi connectivity index (χ0v) is 16.6. The molecule has 2 saturated heterocycles. The quantitative estimate of drug-likeness (QED) is 0.801. The first kappa shape index (κ1) is 18.3. The van der Waals surface area contributed by atoms with Gasteiger partial charge in [0.15, 0.2) is 0 Å². The minimum Gasteiger partial charge on any atom is -0.379 e.